The first kappa shape index (κ1) is 12.0. The van der Waals surface area contributed by atoms with E-state index in [1.165, 1.54) is 7.11 Å². The highest BCUT2D eigenvalue weighted by molar-refractivity contribution is 5.97. The maximum absolute atomic E-state index is 12.0. The third kappa shape index (κ3) is 2.60. The molecule has 0 spiro atoms. The predicted octanol–water partition coefficient (Wildman–Crippen LogP) is 0.931. The fourth-order valence-corrected chi connectivity index (χ4v) is 1.55. The van der Waals surface area contributed by atoms with E-state index in [0.717, 1.165) is 0 Å². The molecule has 94 valence electrons. The number of carbonyl (C=O) groups is 1. The molecule has 1 heterocycles. The molecule has 2 rings (SSSR count). The molecule has 0 radical (unpaired) electrons. The zero-order valence-electron chi connectivity index (χ0n) is 9.93. The lowest BCUT2D eigenvalue weighted by Gasteiger charge is -2.09. The molecule has 0 fully saturated rings. The van der Waals surface area contributed by atoms with Crippen LogP contribution in [0.1, 0.15) is 16.2 Å². The number of aromatic amines is 1. The van der Waals surface area contributed by atoms with Gasteiger partial charge in [0.25, 0.3) is 5.91 Å². The van der Waals surface area contributed by atoms with Crippen LogP contribution in [0.15, 0.2) is 30.6 Å². The molecule has 0 bridgehead atoms. The topological polar surface area (TPSA) is 93.0 Å². The molecule has 1 aromatic heterocycles. The number of hydrogen-bond acceptors (Lipinski definition) is 4. The van der Waals surface area contributed by atoms with Crippen molar-refractivity contribution >= 4 is 11.6 Å². The molecule has 0 atom stereocenters. The van der Waals surface area contributed by atoms with Crippen LogP contribution < -0.4 is 15.8 Å². The van der Waals surface area contributed by atoms with E-state index in [0.29, 0.717) is 29.4 Å². The predicted molar refractivity (Wildman–Crippen MR) is 67.2 cm³/mol. The number of aromatic nitrogens is 2. The van der Waals surface area contributed by atoms with Gasteiger partial charge >= 0.3 is 0 Å². The molecule has 0 aliphatic heterocycles. The van der Waals surface area contributed by atoms with Gasteiger partial charge in [-0.3, -0.25) is 4.79 Å². The Balaban J connectivity index is 2.09. The van der Waals surface area contributed by atoms with Gasteiger partial charge in [0, 0.05) is 24.1 Å². The summed E-state index contributed by atoms with van der Waals surface area (Å²) in [5, 5.41) is 2.74. The van der Waals surface area contributed by atoms with Crippen molar-refractivity contribution < 1.29 is 9.53 Å². The average Bonchev–Trinajstić information content (AvgIpc) is 2.88. The van der Waals surface area contributed by atoms with Crippen molar-refractivity contribution in [2.45, 2.75) is 6.54 Å². The first-order chi connectivity index (χ1) is 8.70. The summed E-state index contributed by atoms with van der Waals surface area (Å²) in [4.78, 5) is 18.9. The SMILES string of the molecule is COc1cc(N)ccc1C(=O)NCc1ncc[nH]1. The number of rotatable bonds is 4. The number of ether oxygens (including phenoxy) is 1. The Hall–Kier alpha value is -2.50. The lowest BCUT2D eigenvalue weighted by atomic mass is 10.1. The van der Waals surface area contributed by atoms with Gasteiger partial charge in [-0.15, -0.1) is 0 Å². The fraction of sp³-hybridized carbons (Fsp3) is 0.167. The third-order valence-electron chi connectivity index (χ3n) is 2.44. The molecule has 0 aliphatic rings. The number of amides is 1. The fourth-order valence-electron chi connectivity index (χ4n) is 1.55. The summed E-state index contributed by atoms with van der Waals surface area (Å²) in [6, 6.07) is 4.90. The Morgan fingerprint density at radius 2 is 2.39 bits per heavy atom. The molecular formula is C12H14N4O2. The van der Waals surface area contributed by atoms with Gasteiger partial charge in [-0.1, -0.05) is 0 Å². The van der Waals surface area contributed by atoms with Crippen LogP contribution in [-0.2, 0) is 6.54 Å². The summed E-state index contributed by atoms with van der Waals surface area (Å²) in [5.41, 5.74) is 6.62. The van der Waals surface area contributed by atoms with Gasteiger partial charge < -0.3 is 20.8 Å². The molecule has 0 aliphatic carbocycles. The smallest absolute Gasteiger partial charge is 0.255 e. The summed E-state index contributed by atoms with van der Waals surface area (Å²) >= 11 is 0. The summed E-state index contributed by atoms with van der Waals surface area (Å²) in [7, 11) is 1.50. The van der Waals surface area contributed by atoms with Crippen molar-refractivity contribution in [2.75, 3.05) is 12.8 Å². The summed E-state index contributed by atoms with van der Waals surface area (Å²) in [5.74, 6) is 0.910. The lowest BCUT2D eigenvalue weighted by Crippen LogP contribution is -2.24. The standard InChI is InChI=1S/C12H14N4O2/c1-18-10-6-8(13)2-3-9(10)12(17)16-7-11-14-4-5-15-11/h2-6H,7,13H2,1H3,(H,14,15)(H,16,17). The highest BCUT2D eigenvalue weighted by atomic mass is 16.5. The maximum Gasteiger partial charge on any atom is 0.255 e. The second-order valence-electron chi connectivity index (χ2n) is 3.68. The highest BCUT2D eigenvalue weighted by Crippen LogP contribution is 2.21. The van der Waals surface area contributed by atoms with Crippen LogP contribution in [0.5, 0.6) is 5.75 Å². The van der Waals surface area contributed by atoms with Crippen LogP contribution in [-0.4, -0.2) is 23.0 Å². The lowest BCUT2D eigenvalue weighted by molar-refractivity contribution is 0.0947. The summed E-state index contributed by atoms with van der Waals surface area (Å²) in [6.45, 7) is 0.333. The molecule has 1 amide bonds. The Labute approximate surface area is 104 Å². The van der Waals surface area contributed by atoms with E-state index in [9.17, 15) is 4.79 Å². The molecular weight excluding hydrogens is 232 g/mol. The number of nitrogens with zero attached hydrogens (tertiary/aromatic N) is 1. The van der Waals surface area contributed by atoms with Gasteiger partial charge in [-0.25, -0.2) is 4.98 Å². The van der Waals surface area contributed by atoms with E-state index in [2.05, 4.69) is 15.3 Å². The second kappa shape index (κ2) is 5.22. The molecule has 6 nitrogen and oxygen atoms in total. The number of H-pyrrole nitrogens is 1. The normalized spacial score (nSPS) is 10.1. The molecule has 6 heteroatoms. The molecule has 0 saturated heterocycles. The van der Waals surface area contributed by atoms with Gasteiger partial charge in [0.1, 0.15) is 11.6 Å². The van der Waals surface area contributed by atoms with E-state index < -0.39 is 0 Å². The summed E-state index contributed by atoms with van der Waals surface area (Å²) in [6.07, 6.45) is 3.33. The number of anilines is 1. The molecule has 18 heavy (non-hydrogen) atoms. The average molecular weight is 246 g/mol. The van der Waals surface area contributed by atoms with Gasteiger partial charge in [-0.05, 0) is 12.1 Å². The van der Waals surface area contributed by atoms with Gasteiger partial charge in [-0.2, -0.15) is 0 Å². The number of nitrogen functional groups attached to an aromatic ring is 1. The van der Waals surface area contributed by atoms with Crippen LogP contribution in [0.3, 0.4) is 0 Å². The van der Waals surface area contributed by atoms with Gasteiger partial charge in [0.05, 0.1) is 19.2 Å². The van der Waals surface area contributed by atoms with Crippen LogP contribution >= 0.6 is 0 Å². The van der Waals surface area contributed by atoms with E-state index in [4.69, 9.17) is 10.5 Å². The van der Waals surface area contributed by atoms with Crippen molar-refractivity contribution in [3.8, 4) is 5.75 Å². The van der Waals surface area contributed by atoms with E-state index in [1.54, 1.807) is 30.6 Å². The van der Waals surface area contributed by atoms with Crippen molar-refractivity contribution in [1.29, 1.82) is 0 Å². The number of imidazole rings is 1. The first-order valence-electron chi connectivity index (χ1n) is 5.40. The monoisotopic (exact) mass is 246 g/mol. The highest BCUT2D eigenvalue weighted by Gasteiger charge is 2.12. The minimum Gasteiger partial charge on any atom is -0.496 e. The molecule has 0 unspecified atom stereocenters. The van der Waals surface area contributed by atoms with Crippen LogP contribution in [0.4, 0.5) is 5.69 Å². The Kier molecular flexibility index (Phi) is 3.47. The number of methoxy groups -OCH3 is 1. The van der Waals surface area contributed by atoms with Crippen molar-refractivity contribution in [2.24, 2.45) is 0 Å². The molecule has 2 aromatic rings. The number of nitrogens with one attached hydrogen (secondary N) is 2. The minimum absolute atomic E-state index is 0.233. The Bertz CT molecular complexity index is 537. The van der Waals surface area contributed by atoms with Gasteiger partial charge in [0.2, 0.25) is 0 Å². The number of nitrogens with two attached hydrogens (primary N) is 1. The molecule has 4 N–H and O–H groups in total. The minimum atomic E-state index is -0.233. The second-order valence-corrected chi connectivity index (χ2v) is 3.68. The van der Waals surface area contributed by atoms with E-state index >= 15 is 0 Å². The van der Waals surface area contributed by atoms with Crippen molar-refractivity contribution in [1.82, 2.24) is 15.3 Å². The van der Waals surface area contributed by atoms with E-state index in [-0.39, 0.29) is 5.91 Å². The number of carbonyl (C=O) groups excluding carboxylic acids is 1. The largest absolute Gasteiger partial charge is 0.496 e. The van der Waals surface area contributed by atoms with Crippen molar-refractivity contribution in [3.63, 3.8) is 0 Å². The maximum atomic E-state index is 12.0. The zero-order chi connectivity index (χ0) is 13.0. The third-order valence-corrected chi connectivity index (χ3v) is 2.44. The molecule has 0 saturated carbocycles. The quantitative estimate of drug-likeness (QED) is 0.700. The number of hydrogen-bond donors (Lipinski definition) is 3. The summed E-state index contributed by atoms with van der Waals surface area (Å²) < 4.78 is 5.12. The first-order valence-corrected chi connectivity index (χ1v) is 5.40. The van der Waals surface area contributed by atoms with Gasteiger partial charge in [0.15, 0.2) is 0 Å². The van der Waals surface area contributed by atoms with Crippen LogP contribution in [0.25, 0.3) is 0 Å². The molecule has 1 aromatic carbocycles. The number of benzene rings is 1. The van der Waals surface area contributed by atoms with Crippen LogP contribution in [0, 0.1) is 0 Å². The zero-order valence-corrected chi connectivity index (χ0v) is 9.93. The Morgan fingerprint density at radius 1 is 1.56 bits per heavy atom. The van der Waals surface area contributed by atoms with Crippen molar-refractivity contribution in [3.05, 3.63) is 42.0 Å². The van der Waals surface area contributed by atoms with Crippen LogP contribution in [0.2, 0.25) is 0 Å². The van der Waals surface area contributed by atoms with E-state index in [1.807, 2.05) is 0 Å². The Morgan fingerprint density at radius 3 is 3.06 bits per heavy atom.